The number of methoxy groups -OCH3 is 1. The second-order valence-electron chi connectivity index (χ2n) is 2.89. The van der Waals surface area contributed by atoms with Crippen LogP contribution in [0.15, 0.2) is 12.1 Å². The monoisotopic (exact) mass is 194 g/mol. The van der Waals surface area contributed by atoms with Gasteiger partial charge < -0.3 is 19.0 Å². The van der Waals surface area contributed by atoms with E-state index in [0.717, 1.165) is 11.8 Å². The molecule has 0 bridgehead atoms. The van der Waals surface area contributed by atoms with Crippen LogP contribution < -0.4 is 14.2 Å². The highest BCUT2D eigenvalue weighted by molar-refractivity contribution is 5.61. The number of benzene rings is 1. The zero-order valence-electron chi connectivity index (χ0n) is 7.78. The molecule has 0 unspecified atom stereocenters. The van der Waals surface area contributed by atoms with E-state index in [1.807, 2.05) is 0 Å². The van der Waals surface area contributed by atoms with Crippen molar-refractivity contribution < 1.29 is 19.0 Å². The average molecular weight is 194 g/mol. The lowest BCUT2D eigenvalue weighted by Crippen LogP contribution is -1.93. The standard InChI is InChI=1S/C10H10O4/c1-12-8-5-10-9(13-6-14-10)4-7(8)2-3-11/h3-5H,2,6H2,1H3. The fourth-order valence-electron chi connectivity index (χ4n) is 1.40. The molecule has 1 aromatic carbocycles. The van der Waals surface area contributed by atoms with Crippen molar-refractivity contribution in [3.8, 4) is 17.2 Å². The molecule has 0 spiro atoms. The van der Waals surface area contributed by atoms with E-state index in [1.165, 1.54) is 0 Å². The Hall–Kier alpha value is -1.71. The first-order chi connectivity index (χ1) is 6.85. The Bertz CT molecular complexity index is 359. The minimum Gasteiger partial charge on any atom is -0.496 e. The lowest BCUT2D eigenvalue weighted by molar-refractivity contribution is -0.107. The summed E-state index contributed by atoms with van der Waals surface area (Å²) >= 11 is 0. The molecule has 0 radical (unpaired) electrons. The summed E-state index contributed by atoms with van der Waals surface area (Å²) < 4.78 is 15.5. The molecule has 0 aromatic heterocycles. The smallest absolute Gasteiger partial charge is 0.231 e. The number of fused-ring (bicyclic) bond motifs is 1. The van der Waals surface area contributed by atoms with E-state index in [1.54, 1.807) is 19.2 Å². The van der Waals surface area contributed by atoms with E-state index in [9.17, 15) is 4.79 Å². The molecule has 0 atom stereocenters. The second kappa shape index (κ2) is 3.57. The maximum Gasteiger partial charge on any atom is 0.231 e. The summed E-state index contributed by atoms with van der Waals surface area (Å²) in [6, 6.07) is 3.51. The van der Waals surface area contributed by atoms with Gasteiger partial charge in [0.15, 0.2) is 11.5 Å². The Balaban J connectivity index is 2.43. The number of hydrogen-bond acceptors (Lipinski definition) is 4. The van der Waals surface area contributed by atoms with E-state index < -0.39 is 0 Å². The van der Waals surface area contributed by atoms with Crippen molar-refractivity contribution in [2.45, 2.75) is 6.42 Å². The lowest BCUT2D eigenvalue weighted by atomic mass is 10.1. The molecule has 2 rings (SSSR count). The minimum absolute atomic E-state index is 0.225. The van der Waals surface area contributed by atoms with Crippen LogP contribution in [0.3, 0.4) is 0 Å². The van der Waals surface area contributed by atoms with Gasteiger partial charge in [0.2, 0.25) is 6.79 Å². The number of carbonyl (C=O) groups is 1. The first-order valence-electron chi connectivity index (χ1n) is 4.25. The minimum atomic E-state index is 0.225. The highest BCUT2D eigenvalue weighted by Gasteiger charge is 2.17. The van der Waals surface area contributed by atoms with Crippen molar-refractivity contribution in [3.05, 3.63) is 17.7 Å². The third-order valence-corrected chi connectivity index (χ3v) is 2.08. The second-order valence-corrected chi connectivity index (χ2v) is 2.89. The molecule has 14 heavy (non-hydrogen) atoms. The van der Waals surface area contributed by atoms with Crippen molar-refractivity contribution in [2.24, 2.45) is 0 Å². The quantitative estimate of drug-likeness (QED) is 0.677. The average Bonchev–Trinajstić information content (AvgIpc) is 2.64. The van der Waals surface area contributed by atoms with Gasteiger partial charge in [-0.3, -0.25) is 0 Å². The lowest BCUT2D eigenvalue weighted by Gasteiger charge is -2.06. The maximum absolute atomic E-state index is 10.4. The molecule has 74 valence electrons. The summed E-state index contributed by atoms with van der Waals surface area (Å²) in [5, 5.41) is 0. The SMILES string of the molecule is COc1cc2c(cc1CC=O)OCO2. The zero-order chi connectivity index (χ0) is 9.97. The van der Waals surface area contributed by atoms with E-state index in [0.29, 0.717) is 23.7 Å². The van der Waals surface area contributed by atoms with Crippen molar-refractivity contribution in [1.29, 1.82) is 0 Å². The molecule has 0 fully saturated rings. The summed E-state index contributed by atoms with van der Waals surface area (Å²) in [5.74, 6) is 1.99. The largest absolute Gasteiger partial charge is 0.496 e. The fourth-order valence-corrected chi connectivity index (χ4v) is 1.40. The maximum atomic E-state index is 10.4. The predicted molar refractivity (Wildman–Crippen MR) is 48.9 cm³/mol. The van der Waals surface area contributed by atoms with Crippen LogP contribution in [0.1, 0.15) is 5.56 Å². The van der Waals surface area contributed by atoms with Gasteiger partial charge in [-0.2, -0.15) is 0 Å². The molecule has 4 nitrogen and oxygen atoms in total. The van der Waals surface area contributed by atoms with Gasteiger partial charge in [-0.1, -0.05) is 0 Å². The van der Waals surface area contributed by atoms with Gasteiger partial charge >= 0.3 is 0 Å². The van der Waals surface area contributed by atoms with E-state index in [2.05, 4.69) is 0 Å². The van der Waals surface area contributed by atoms with Gasteiger partial charge in [0, 0.05) is 18.1 Å². The molecule has 1 aliphatic heterocycles. The topological polar surface area (TPSA) is 44.8 Å². The Morgan fingerprint density at radius 1 is 1.43 bits per heavy atom. The molecule has 0 amide bonds. The first kappa shape index (κ1) is 8.87. The summed E-state index contributed by atoms with van der Waals surface area (Å²) in [4.78, 5) is 10.4. The number of hydrogen-bond donors (Lipinski definition) is 0. The molecule has 1 heterocycles. The number of ether oxygens (including phenoxy) is 3. The molecule has 1 aliphatic rings. The van der Waals surface area contributed by atoms with Crippen LogP contribution >= 0.6 is 0 Å². The molecular weight excluding hydrogens is 184 g/mol. The van der Waals surface area contributed by atoms with Crippen LogP contribution in [0.2, 0.25) is 0 Å². The molecule has 1 aromatic rings. The molecule has 0 aliphatic carbocycles. The number of carbonyl (C=O) groups excluding carboxylic acids is 1. The van der Waals surface area contributed by atoms with Gasteiger partial charge in [0.1, 0.15) is 12.0 Å². The molecule has 0 saturated carbocycles. The molecule has 0 N–H and O–H groups in total. The van der Waals surface area contributed by atoms with Crippen molar-refractivity contribution >= 4 is 6.29 Å². The van der Waals surface area contributed by atoms with Gasteiger partial charge in [-0.15, -0.1) is 0 Å². The van der Waals surface area contributed by atoms with E-state index >= 15 is 0 Å². The van der Waals surface area contributed by atoms with Crippen LogP contribution in [-0.2, 0) is 11.2 Å². The van der Waals surface area contributed by atoms with Crippen LogP contribution in [0.25, 0.3) is 0 Å². The van der Waals surface area contributed by atoms with E-state index in [-0.39, 0.29) is 6.79 Å². The van der Waals surface area contributed by atoms with Gasteiger partial charge in [0.05, 0.1) is 7.11 Å². The summed E-state index contributed by atoms with van der Waals surface area (Å²) in [5.41, 5.74) is 0.812. The fraction of sp³-hybridized carbons (Fsp3) is 0.300. The van der Waals surface area contributed by atoms with Gasteiger partial charge in [0.25, 0.3) is 0 Å². The van der Waals surface area contributed by atoms with Crippen molar-refractivity contribution in [3.63, 3.8) is 0 Å². The van der Waals surface area contributed by atoms with Crippen molar-refractivity contribution in [1.82, 2.24) is 0 Å². The van der Waals surface area contributed by atoms with Gasteiger partial charge in [-0.05, 0) is 6.07 Å². The van der Waals surface area contributed by atoms with Crippen molar-refractivity contribution in [2.75, 3.05) is 13.9 Å². The number of aldehydes is 1. The summed E-state index contributed by atoms with van der Waals surface area (Å²) in [6.45, 7) is 0.225. The molecule has 0 saturated heterocycles. The first-order valence-corrected chi connectivity index (χ1v) is 4.25. The normalized spacial score (nSPS) is 12.6. The Kier molecular flexibility index (Phi) is 2.26. The Labute approximate surface area is 81.4 Å². The Morgan fingerprint density at radius 2 is 2.14 bits per heavy atom. The summed E-state index contributed by atoms with van der Waals surface area (Å²) in [7, 11) is 1.56. The van der Waals surface area contributed by atoms with Crippen LogP contribution in [-0.4, -0.2) is 20.2 Å². The van der Waals surface area contributed by atoms with E-state index in [4.69, 9.17) is 14.2 Å². The van der Waals surface area contributed by atoms with Crippen LogP contribution in [0.4, 0.5) is 0 Å². The zero-order valence-corrected chi connectivity index (χ0v) is 7.78. The van der Waals surface area contributed by atoms with Gasteiger partial charge in [-0.25, -0.2) is 0 Å². The number of rotatable bonds is 3. The predicted octanol–water partition coefficient (Wildman–Crippen LogP) is 1.17. The molecule has 4 heteroatoms. The van der Waals surface area contributed by atoms with Crippen LogP contribution in [0.5, 0.6) is 17.2 Å². The van der Waals surface area contributed by atoms with Crippen LogP contribution in [0, 0.1) is 0 Å². The third-order valence-electron chi connectivity index (χ3n) is 2.08. The molecular formula is C10H10O4. The summed E-state index contributed by atoms with van der Waals surface area (Å²) in [6.07, 6.45) is 1.15. The highest BCUT2D eigenvalue weighted by Crippen LogP contribution is 2.37. The highest BCUT2D eigenvalue weighted by atomic mass is 16.7. The Morgan fingerprint density at radius 3 is 2.79 bits per heavy atom. The third kappa shape index (κ3) is 1.39.